The Kier molecular flexibility index (Phi) is 38.6. The summed E-state index contributed by atoms with van der Waals surface area (Å²) in [4.78, 5) is 37.0. The van der Waals surface area contributed by atoms with Crippen LogP contribution < -0.4 is 0 Å². The Bertz CT molecular complexity index is 1030. The number of hydrogen-bond acceptors (Lipinski definition) is 6. The molecule has 2 unspecified atom stereocenters. The molecule has 2 atom stereocenters. The van der Waals surface area contributed by atoms with Crippen LogP contribution in [0.3, 0.4) is 0 Å². The average molecular weight is 805 g/mol. The lowest BCUT2D eigenvalue weighted by Crippen LogP contribution is -2.50. The van der Waals surface area contributed by atoms with E-state index in [0.29, 0.717) is 19.3 Å². The zero-order chi connectivity index (χ0) is 42.1. The predicted octanol–water partition coefficient (Wildman–Crippen LogP) is 13.0. The van der Waals surface area contributed by atoms with E-state index in [2.05, 4.69) is 50.3 Å². The number of aliphatic carboxylic acids is 1. The highest BCUT2D eigenvalue weighted by Gasteiger charge is 2.31. The third-order valence-corrected chi connectivity index (χ3v) is 10.5. The second kappa shape index (κ2) is 40.3. The third-order valence-electron chi connectivity index (χ3n) is 10.5. The summed E-state index contributed by atoms with van der Waals surface area (Å²) < 4.78 is 17.3. The Balaban J connectivity index is 4.33. The zero-order valence-electron chi connectivity index (χ0n) is 37.8. The number of carbonyl (C=O) groups is 3. The number of ether oxygens (including phenoxy) is 3. The molecule has 0 fully saturated rings. The normalized spacial score (nSPS) is 13.2. The van der Waals surface area contributed by atoms with Crippen LogP contribution in [-0.2, 0) is 28.6 Å². The standard InChI is InChI=1S/C49H89NO7/c1-6-8-10-12-14-16-18-20-22-23-24-26-27-29-31-33-35-37-39-47(51)56-44-45(43-55-42-41-46(49(53)54)50(3,4)5)57-48(52)40-38-36-34-32-30-28-25-21-19-17-15-13-11-9-7-2/h17,19,22-24,26,45-46H,6-16,18,20-21,25,27-44H2,1-5H3/p+1/b19-17+,23-22+,26-24+. The molecular formula is C49H90NO7+. The van der Waals surface area contributed by atoms with Crippen molar-refractivity contribution >= 4 is 17.9 Å². The molecule has 0 aromatic heterocycles. The molecule has 0 saturated carbocycles. The molecule has 0 radical (unpaired) electrons. The summed E-state index contributed by atoms with van der Waals surface area (Å²) in [6.45, 7) is 4.71. The van der Waals surface area contributed by atoms with Gasteiger partial charge in [0.25, 0.3) is 0 Å². The number of nitrogens with zero attached hydrogens (tertiary/aromatic N) is 1. The molecule has 8 heteroatoms. The molecule has 0 rings (SSSR count). The van der Waals surface area contributed by atoms with Crippen molar-refractivity contribution in [3.05, 3.63) is 36.5 Å². The summed E-state index contributed by atoms with van der Waals surface area (Å²) in [5.74, 6) is -1.49. The molecule has 0 aliphatic heterocycles. The Morgan fingerprint density at radius 1 is 0.526 bits per heavy atom. The van der Waals surface area contributed by atoms with E-state index in [9.17, 15) is 19.5 Å². The number of esters is 2. The van der Waals surface area contributed by atoms with Crippen molar-refractivity contribution in [3.8, 4) is 0 Å². The molecule has 0 amide bonds. The van der Waals surface area contributed by atoms with E-state index in [1.165, 1.54) is 116 Å². The fraction of sp³-hybridized carbons (Fsp3) is 0.816. The van der Waals surface area contributed by atoms with Gasteiger partial charge in [-0.3, -0.25) is 9.59 Å². The van der Waals surface area contributed by atoms with E-state index in [1.54, 1.807) is 0 Å². The predicted molar refractivity (Wildman–Crippen MR) is 238 cm³/mol. The van der Waals surface area contributed by atoms with E-state index in [4.69, 9.17) is 14.2 Å². The lowest BCUT2D eigenvalue weighted by Gasteiger charge is -2.31. The van der Waals surface area contributed by atoms with Crippen molar-refractivity contribution in [1.29, 1.82) is 0 Å². The molecule has 0 aliphatic carbocycles. The molecule has 57 heavy (non-hydrogen) atoms. The van der Waals surface area contributed by atoms with E-state index >= 15 is 0 Å². The Hall–Kier alpha value is -2.45. The quantitative estimate of drug-likeness (QED) is 0.0216. The highest BCUT2D eigenvalue weighted by molar-refractivity contribution is 5.72. The Morgan fingerprint density at radius 3 is 1.39 bits per heavy atom. The van der Waals surface area contributed by atoms with Crippen LogP contribution in [0.2, 0.25) is 0 Å². The first-order valence-electron chi connectivity index (χ1n) is 23.5. The van der Waals surface area contributed by atoms with Gasteiger partial charge in [-0.2, -0.15) is 0 Å². The van der Waals surface area contributed by atoms with Crippen molar-refractivity contribution < 1.29 is 38.2 Å². The highest BCUT2D eigenvalue weighted by Crippen LogP contribution is 2.14. The van der Waals surface area contributed by atoms with E-state index in [0.717, 1.165) is 57.8 Å². The van der Waals surface area contributed by atoms with Crippen molar-refractivity contribution in [2.75, 3.05) is 41.0 Å². The monoisotopic (exact) mass is 805 g/mol. The Morgan fingerprint density at radius 2 is 0.930 bits per heavy atom. The van der Waals surface area contributed by atoms with Gasteiger partial charge in [0.15, 0.2) is 12.1 Å². The molecule has 0 aromatic rings. The third kappa shape index (κ3) is 38.8. The minimum Gasteiger partial charge on any atom is -0.477 e. The lowest BCUT2D eigenvalue weighted by molar-refractivity contribution is -0.887. The van der Waals surface area contributed by atoms with Gasteiger partial charge in [-0.1, -0.05) is 159 Å². The highest BCUT2D eigenvalue weighted by atomic mass is 16.6. The van der Waals surface area contributed by atoms with Crippen molar-refractivity contribution in [3.63, 3.8) is 0 Å². The van der Waals surface area contributed by atoms with Crippen LogP contribution in [0, 0.1) is 0 Å². The van der Waals surface area contributed by atoms with Gasteiger partial charge in [0.2, 0.25) is 0 Å². The van der Waals surface area contributed by atoms with Gasteiger partial charge in [-0.05, 0) is 64.2 Å². The number of quaternary nitrogens is 1. The molecule has 0 heterocycles. The molecule has 8 nitrogen and oxygen atoms in total. The number of unbranched alkanes of at least 4 members (excludes halogenated alkanes) is 23. The second-order valence-electron chi connectivity index (χ2n) is 17.0. The first kappa shape index (κ1) is 54.6. The summed E-state index contributed by atoms with van der Waals surface area (Å²) in [5, 5.41) is 9.63. The summed E-state index contributed by atoms with van der Waals surface area (Å²) in [7, 11) is 5.52. The molecule has 1 N–H and O–H groups in total. The van der Waals surface area contributed by atoms with Gasteiger partial charge in [0.1, 0.15) is 6.61 Å². The minimum atomic E-state index is -0.877. The molecular weight excluding hydrogens is 715 g/mol. The smallest absolute Gasteiger partial charge is 0.362 e. The van der Waals surface area contributed by atoms with Crippen LogP contribution in [0.1, 0.15) is 206 Å². The topological polar surface area (TPSA) is 99.1 Å². The molecule has 0 aliphatic rings. The Labute approximate surface area is 351 Å². The summed E-state index contributed by atoms with van der Waals surface area (Å²) >= 11 is 0. The van der Waals surface area contributed by atoms with Gasteiger partial charge >= 0.3 is 17.9 Å². The maximum Gasteiger partial charge on any atom is 0.362 e. The minimum absolute atomic E-state index is 0.0555. The number of likely N-dealkylation sites (N-methyl/N-ethyl adjacent to an activating group) is 1. The van der Waals surface area contributed by atoms with Gasteiger partial charge in [-0.25, -0.2) is 4.79 Å². The number of hydrogen-bond donors (Lipinski definition) is 1. The molecule has 0 aromatic carbocycles. The zero-order valence-corrected chi connectivity index (χ0v) is 37.8. The average Bonchev–Trinajstić information content (AvgIpc) is 3.17. The van der Waals surface area contributed by atoms with E-state index in [-0.39, 0.29) is 36.2 Å². The summed E-state index contributed by atoms with van der Waals surface area (Å²) in [5.41, 5.74) is 0. The van der Waals surface area contributed by atoms with Gasteiger partial charge < -0.3 is 23.8 Å². The van der Waals surface area contributed by atoms with Crippen molar-refractivity contribution in [2.24, 2.45) is 0 Å². The lowest BCUT2D eigenvalue weighted by atomic mass is 10.1. The van der Waals surface area contributed by atoms with Crippen LogP contribution in [0.25, 0.3) is 0 Å². The maximum atomic E-state index is 12.7. The number of carboxylic acids is 1. The number of carboxylic acid groups (broad SMARTS) is 1. The van der Waals surface area contributed by atoms with Crippen LogP contribution >= 0.6 is 0 Å². The largest absolute Gasteiger partial charge is 0.477 e. The van der Waals surface area contributed by atoms with Gasteiger partial charge in [0, 0.05) is 19.3 Å². The summed E-state index contributed by atoms with van der Waals surface area (Å²) in [6.07, 6.45) is 46.1. The van der Waals surface area contributed by atoms with E-state index < -0.39 is 18.1 Å². The molecule has 332 valence electrons. The molecule has 0 spiro atoms. The number of rotatable bonds is 42. The van der Waals surface area contributed by atoms with Crippen LogP contribution in [-0.4, -0.2) is 80.6 Å². The van der Waals surface area contributed by atoms with Crippen LogP contribution in [0.15, 0.2) is 36.5 Å². The summed E-state index contributed by atoms with van der Waals surface area (Å²) in [6, 6.07) is -0.617. The fourth-order valence-corrected chi connectivity index (χ4v) is 6.84. The fourth-order valence-electron chi connectivity index (χ4n) is 6.84. The van der Waals surface area contributed by atoms with E-state index in [1.807, 2.05) is 21.1 Å². The molecule has 0 bridgehead atoms. The molecule has 0 saturated heterocycles. The number of carbonyl (C=O) groups excluding carboxylic acids is 2. The first-order valence-corrected chi connectivity index (χ1v) is 23.5. The maximum absolute atomic E-state index is 12.7. The van der Waals surface area contributed by atoms with Crippen molar-refractivity contribution in [1.82, 2.24) is 0 Å². The van der Waals surface area contributed by atoms with Crippen LogP contribution in [0.5, 0.6) is 0 Å². The number of allylic oxidation sites excluding steroid dienone is 6. The SMILES string of the molecule is CCCCCC/C=C/CCCCCCCCCC(=O)OC(COCCC(C(=O)O)[N+](C)(C)C)COC(=O)CCCCCCC/C=C/C=C/CCCCCCCCC. The van der Waals surface area contributed by atoms with Crippen molar-refractivity contribution in [2.45, 2.75) is 219 Å². The van der Waals surface area contributed by atoms with Crippen LogP contribution in [0.4, 0.5) is 0 Å². The van der Waals surface area contributed by atoms with Gasteiger partial charge in [-0.15, -0.1) is 0 Å². The first-order chi connectivity index (χ1) is 27.6. The second-order valence-corrected chi connectivity index (χ2v) is 17.0. The van der Waals surface area contributed by atoms with Gasteiger partial charge in [0.05, 0.1) is 34.4 Å².